The van der Waals surface area contributed by atoms with Gasteiger partial charge in [-0.15, -0.1) is 0 Å². The molecule has 3 rings (SSSR count). The van der Waals surface area contributed by atoms with Gasteiger partial charge in [-0.25, -0.2) is 0 Å². The molecule has 0 aliphatic carbocycles. The molecule has 1 atom stereocenters. The summed E-state index contributed by atoms with van der Waals surface area (Å²) in [7, 11) is 0. The van der Waals surface area contributed by atoms with Crippen molar-refractivity contribution in [2.24, 2.45) is 0 Å². The molecule has 4 nitrogen and oxygen atoms in total. The third-order valence-electron chi connectivity index (χ3n) is 5.75. The number of β-amino-alcohol motifs (C(OH)–C–C–N with tert-alkyl or cyclic N) is 1. The van der Waals surface area contributed by atoms with Gasteiger partial charge in [-0.05, 0) is 48.6 Å². The molecule has 0 fully saturated rings. The molecule has 0 saturated heterocycles. The van der Waals surface area contributed by atoms with E-state index in [1.165, 1.54) is 43.9 Å². The molecule has 2 N–H and O–H groups in total. The summed E-state index contributed by atoms with van der Waals surface area (Å²) < 4.78 is 42.5. The van der Waals surface area contributed by atoms with Gasteiger partial charge >= 0.3 is 6.18 Å². The number of aliphatic hydroxyl groups is 1. The number of hydrogen-bond acceptors (Lipinski definition) is 4. The minimum atomic E-state index is -4.91. The highest BCUT2D eigenvalue weighted by atomic mass is 19.4. The zero-order chi connectivity index (χ0) is 23.0. The van der Waals surface area contributed by atoms with Gasteiger partial charge in [-0.1, -0.05) is 44.2 Å². The van der Waals surface area contributed by atoms with E-state index in [4.69, 9.17) is 0 Å². The maximum atomic E-state index is 14.2. The first-order chi connectivity index (χ1) is 14.3. The van der Waals surface area contributed by atoms with Crippen LogP contribution in [0.15, 0.2) is 48.5 Å². The number of aromatic hydroxyl groups is 1. The first kappa shape index (κ1) is 22.9. The van der Waals surface area contributed by atoms with Crippen LogP contribution in [-0.2, 0) is 5.41 Å². The number of phenols is 1. The molecule has 2 aromatic rings. The monoisotopic (exact) mass is 433 g/mol. The van der Waals surface area contributed by atoms with Crippen LogP contribution in [0.1, 0.15) is 48.7 Å². The number of carbonyl (C=O) groups is 1. The standard InChI is InChI=1S/C24H26F3NO3/c1-16(29)18-10-11-21(30)19(13-18)22(2,3)14-23(31,24(25,26)27)15-28-12-6-8-17-7-4-5-9-20(17)28/h4-11,13,30-31H,12,14-15H2,1-3H3. The molecular formula is C24H26F3NO3. The van der Waals surface area contributed by atoms with Crippen molar-refractivity contribution < 1.29 is 28.2 Å². The summed E-state index contributed by atoms with van der Waals surface area (Å²) in [6, 6.07) is 11.2. The Morgan fingerprint density at radius 2 is 1.81 bits per heavy atom. The second kappa shape index (κ2) is 8.04. The summed E-state index contributed by atoms with van der Waals surface area (Å²) in [5.41, 5.74) is -2.46. The van der Waals surface area contributed by atoms with Crippen LogP contribution < -0.4 is 4.90 Å². The highest BCUT2D eigenvalue weighted by Gasteiger charge is 2.57. The van der Waals surface area contributed by atoms with E-state index >= 15 is 0 Å². The summed E-state index contributed by atoms with van der Waals surface area (Å²) in [6.07, 6.45) is -2.00. The van der Waals surface area contributed by atoms with Crippen molar-refractivity contribution in [1.29, 1.82) is 0 Å². The third-order valence-corrected chi connectivity index (χ3v) is 5.75. The van der Waals surface area contributed by atoms with Crippen molar-refractivity contribution in [3.05, 3.63) is 65.2 Å². The van der Waals surface area contributed by atoms with Gasteiger partial charge in [-0.3, -0.25) is 4.79 Å². The number of fused-ring (bicyclic) bond motifs is 1. The first-order valence-corrected chi connectivity index (χ1v) is 9.98. The van der Waals surface area contributed by atoms with Crippen LogP contribution in [0.3, 0.4) is 0 Å². The lowest BCUT2D eigenvalue weighted by atomic mass is 9.73. The Morgan fingerprint density at radius 3 is 2.45 bits per heavy atom. The van der Waals surface area contributed by atoms with Crippen LogP contribution in [0.5, 0.6) is 5.75 Å². The van der Waals surface area contributed by atoms with Crippen molar-refractivity contribution in [1.82, 2.24) is 0 Å². The Bertz CT molecular complexity index is 1010. The summed E-state index contributed by atoms with van der Waals surface area (Å²) >= 11 is 0. The molecule has 7 heteroatoms. The van der Waals surface area contributed by atoms with Crippen LogP contribution in [0.4, 0.5) is 18.9 Å². The Morgan fingerprint density at radius 1 is 1.13 bits per heavy atom. The van der Waals surface area contributed by atoms with Crippen molar-refractivity contribution in [3.8, 4) is 5.75 Å². The van der Waals surface area contributed by atoms with Gasteiger partial charge in [0.1, 0.15) is 5.75 Å². The highest BCUT2D eigenvalue weighted by molar-refractivity contribution is 5.94. The average Bonchev–Trinajstić information content (AvgIpc) is 2.67. The van der Waals surface area contributed by atoms with E-state index in [1.807, 2.05) is 6.08 Å². The number of ketones is 1. The van der Waals surface area contributed by atoms with E-state index in [0.29, 0.717) is 5.69 Å². The number of nitrogens with zero attached hydrogens (tertiary/aromatic N) is 1. The summed E-state index contributed by atoms with van der Waals surface area (Å²) in [6.45, 7) is 3.96. The van der Waals surface area contributed by atoms with Crippen LogP contribution in [-0.4, -0.2) is 40.9 Å². The van der Waals surface area contributed by atoms with Gasteiger partial charge in [0.2, 0.25) is 0 Å². The van der Waals surface area contributed by atoms with E-state index in [0.717, 1.165) is 5.56 Å². The van der Waals surface area contributed by atoms with Gasteiger partial charge in [-0.2, -0.15) is 13.2 Å². The average molecular weight is 433 g/mol. The molecule has 0 radical (unpaired) electrons. The normalized spacial score (nSPS) is 16.0. The lowest BCUT2D eigenvalue weighted by molar-refractivity contribution is -0.262. The predicted molar refractivity (Wildman–Crippen MR) is 114 cm³/mol. The summed E-state index contributed by atoms with van der Waals surface area (Å²) in [5, 5.41) is 21.3. The smallest absolute Gasteiger partial charge is 0.418 e. The molecular weight excluding hydrogens is 407 g/mol. The zero-order valence-electron chi connectivity index (χ0n) is 17.7. The number of alkyl halides is 3. The van der Waals surface area contributed by atoms with E-state index in [9.17, 15) is 28.2 Å². The van der Waals surface area contributed by atoms with Crippen LogP contribution in [0, 0.1) is 0 Å². The number of para-hydroxylation sites is 1. The van der Waals surface area contributed by atoms with E-state index < -0.39 is 30.2 Å². The van der Waals surface area contributed by atoms with E-state index in [2.05, 4.69) is 0 Å². The number of carbonyl (C=O) groups excluding carboxylic acids is 1. The molecule has 31 heavy (non-hydrogen) atoms. The predicted octanol–water partition coefficient (Wildman–Crippen LogP) is 5.09. The Kier molecular flexibility index (Phi) is 5.93. The first-order valence-electron chi connectivity index (χ1n) is 9.98. The fourth-order valence-corrected chi connectivity index (χ4v) is 4.16. The number of halogens is 3. The Labute approximate surface area is 179 Å². The van der Waals surface area contributed by atoms with Crippen molar-refractivity contribution in [2.45, 2.75) is 44.4 Å². The molecule has 0 spiro atoms. The third kappa shape index (κ3) is 4.61. The van der Waals surface area contributed by atoms with Gasteiger partial charge in [0.15, 0.2) is 11.4 Å². The number of anilines is 1. The molecule has 0 amide bonds. The Hall–Kier alpha value is -2.80. The lowest BCUT2D eigenvalue weighted by Crippen LogP contribution is -2.56. The number of rotatable bonds is 6. The fraction of sp³-hybridized carbons (Fsp3) is 0.375. The quantitative estimate of drug-likeness (QED) is 0.623. The molecule has 1 aliphatic heterocycles. The van der Waals surface area contributed by atoms with Crippen molar-refractivity contribution in [3.63, 3.8) is 0 Å². The number of hydrogen-bond donors (Lipinski definition) is 2. The summed E-state index contributed by atoms with van der Waals surface area (Å²) in [4.78, 5) is 13.2. The molecule has 0 aromatic heterocycles. The van der Waals surface area contributed by atoms with Crippen LogP contribution >= 0.6 is 0 Å². The molecule has 2 aromatic carbocycles. The second-order valence-electron chi connectivity index (χ2n) is 8.72. The molecule has 1 unspecified atom stereocenters. The topological polar surface area (TPSA) is 60.8 Å². The van der Waals surface area contributed by atoms with Crippen molar-refractivity contribution in [2.75, 3.05) is 18.0 Å². The van der Waals surface area contributed by atoms with E-state index in [1.54, 1.807) is 30.3 Å². The zero-order valence-corrected chi connectivity index (χ0v) is 17.7. The number of phenolic OH excluding ortho intramolecular Hbond substituents is 1. The van der Waals surface area contributed by atoms with Crippen LogP contribution in [0.2, 0.25) is 0 Å². The molecule has 1 heterocycles. The second-order valence-corrected chi connectivity index (χ2v) is 8.72. The highest BCUT2D eigenvalue weighted by Crippen LogP contribution is 2.44. The lowest BCUT2D eigenvalue weighted by Gasteiger charge is -2.42. The van der Waals surface area contributed by atoms with Gasteiger partial charge in [0, 0.05) is 23.4 Å². The van der Waals surface area contributed by atoms with Crippen LogP contribution in [0.25, 0.3) is 6.08 Å². The molecule has 1 aliphatic rings. The minimum absolute atomic E-state index is 0.182. The molecule has 0 bridgehead atoms. The molecule has 166 valence electrons. The largest absolute Gasteiger partial charge is 0.508 e. The molecule has 0 saturated carbocycles. The van der Waals surface area contributed by atoms with Gasteiger partial charge in [0.05, 0.1) is 6.54 Å². The van der Waals surface area contributed by atoms with Crippen molar-refractivity contribution >= 4 is 17.5 Å². The number of benzene rings is 2. The van der Waals surface area contributed by atoms with Gasteiger partial charge in [0.25, 0.3) is 0 Å². The number of Topliss-reactive ketones (excluding diaryl/α,β-unsaturated/α-hetero) is 1. The fourth-order valence-electron chi connectivity index (χ4n) is 4.16. The Balaban J connectivity index is 1.97. The van der Waals surface area contributed by atoms with Gasteiger partial charge < -0.3 is 15.1 Å². The van der Waals surface area contributed by atoms with E-state index in [-0.39, 0.29) is 29.2 Å². The SMILES string of the molecule is CC(=O)c1ccc(O)c(C(C)(C)CC(O)(CN2CC=Cc3ccccc32)C(F)(F)F)c1. The minimum Gasteiger partial charge on any atom is -0.508 e. The maximum Gasteiger partial charge on any atom is 0.418 e. The maximum absolute atomic E-state index is 14.2. The summed E-state index contributed by atoms with van der Waals surface area (Å²) in [5.74, 6) is -0.481.